The van der Waals surface area contributed by atoms with E-state index in [-0.39, 0.29) is 0 Å². The fraction of sp³-hybridized carbons (Fsp3) is 0.562. The summed E-state index contributed by atoms with van der Waals surface area (Å²) in [7, 11) is 0. The zero-order chi connectivity index (χ0) is 16.6. The smallest absolute Gasteiger partial charge is 0.352 e. The van der Waals surface area contributed by atoms with Crippen LogP contribution in [0.1, 0.15) is 61.4 Å². The lowest BCUT2D eigenvalue weighted by Gasteiger charge is -2.13. The fourth-order valence-electron chi connectivity index (χ4n) is 2.15. The first kappa shape index (κ1) is 18.5. The number of halogens is 4. The van der Waals surface area contributed by atoms with E-state index in [1.54, 1.807) is 0 Å². The van der Waals surface area contributed by atoms with E-state index < -0.39 is 29.0 Å². The molecule has 1 aromatic carbocycles. The van der Waals surface area contributed by atoms with Gasteiger partial charge in [0.2, 0.25) is 0 Å². The molecule has 0 spiro atoms. The predicted octanol–water partition coefficient (Wildman–Crippen LogP) is 4.93. The van der Waals surface area contributed by atoms with E-state index in [0.29, 0.717) is 31.2 Å². The molecule has 0 atom stereocenters. The van der Waals surface area contributed by atoms with Crippen molar-refractivity contribution in [1.29, 1.82) is 0 Å². The van der Waals surface area contributed by atoms with Gasteiger partial charge in [-0.05, 0) is 24.6 Å². The minimum Gasteiger partial charge on any atom is -0.352 e. The summed E-state index contributed by atoms with van der Waals surface area (Å²) in [6.07, 6.45) is 1.38. The first-order chi connectivity index (χ1) is 10.4. The molecule has 0 radical (unpaired) electrons. The third kappa shape index (κ3) is 6.03. The molecule has 0 aliphatic rings. The minimum atomic E-state index is -4.68. The van der Waals surface area contributed by atoms with E-state index in [2.05, 4.69) is 12.2 Å². The average Bonchev–Trinajstić information content (AvgIpc) is 2.44. The second-order valence-corrected chi connectivity index (χ2v) is 5.21. The Balaban J connectivity index is 2.53. The molecule has 124 valence electrons. The Bertz CT molecular complexity index is 486. The van der Waals surface area contributed by atoms with Gasteiger partial charge in [-0.25, -0.2) is 4.39 Å². The topological polar surface area (TPSA) is 29.1 Å². The Labute approximate surface area is 127 Å². The Morgan fingerprint density at radius 2 is 1.73 bits per heavy atom. The summed E-state index contributed by atoms with van der Waals surface area (Å²) < 4.78 is 51.5. The predicted molar refractivity (Wildman–Crippen MR) is 77.1 cm³/mol. The summed E-state index contributed by atoms with van der Waals surface area (Å²) in [4.78, 5) is 11.8. The monoisotopic (exact) mass is 319 g/mol. The van der Waals surface area contributed by atoms with E-state index in [9.17, 15) is 22.4 Å². The quantitative estimate of drug-likeness (QED) is 0.534. The molecule has 0 aliphatic heterocycles. The van der Waals surface area contributed by atoms with Crippen LogP contribution in [0.15, 0.2) is 18.2 Å². The normalized spacial score (nSPS) is 11.5. The van der Waals surface area contributed by atoms with Crippen LogP contribution >= 0.6 is 0 Å². The van der Waals surface area contributed by atoms with Crippen molar-refractivity contribution in [2.75, 3.05) is 6.54 Å². The van der Waals surface area contributed by atoms with Crippen LogP contribution in [0.25, 0.3) is 0 Å². The van der Waals surface area contributed by atoms with E-state index in [1.807, 2.05) is 0 Å². The van der Waals surface area contributed by atoms with E-state index in [1.165, 1.54) is 0 Å². The lowest BCUT2D eigenvalue weighted by molar-refractivity contribution is -0.138. The standard InChI is InChI=1S/C16H21F4NO/c1-2-3-4-5-6-7-10-21-15(22)13-11-12(17)8-9-14(13)16(18,19)20/h8-9,11H,2-7,10H2,1H3,(H,21,22). The van der Waals surface area contributed by atoms with Gasteiger partial charge in [0, 0.05) is 6.54 Å². The van der Waals surface area contributed by atoms with Gasteiger partial charge in [-0.15, -0.1) is 0 Å². The molecule has 2 nitrogen and oxygen atoms in total. The summed E-state index contributed by atoms with van der Waals surface area (Å²) in [6.45, 7) is 2.40. The molecule has 0 aromatic heterocycles. The first-order valence-corrected chi connectivity index (χ1v) is 7.51. The number of benzene rings is 1. The van der Waals surface area contributed by atoms with Crippen LogP contribution in [0.3, 0.4) is 0 Å². The van der Waals surface area contributed by atoms with Crippen molar-refractivity contribution in [3.63, 3.8) is 0 Å². The fourth-order valence-corrected chi connectivity index (χ4v) is 2.15. The van der Waals surface area contributed by atoms with Crippen molar-refractivity contribution < 1.29 is 22.4 Å². The number of hydrogen-bond donors (Lipinski definition) is 1. The highest BCUT2D eigenvalue weighted by molar-refractivity contribution is 5.95. The number of carbonyl (C=O) groups is 1. The van der Waals surface area contributed by atoms with Crippen LogP contribution in [-0.2, 0) is 6.18 Å². The number of carbonyl (C=O) groups excluding carboxylic acids is 1. The van der Waals surface area contributed by atoms with Gasteiger partial charge in [-0.1, -0.05) is 39.0 Å². The van der Waals surface area contributed by atoms with E-state index in [4.69, 9.17) is 0 Å². The highest BCUT2D eigenvalue weighted by Gasteiger charge is 2.35. The minimum absolute atomic E-state index is 0.290. The number of nitrogens with one attached hydrogen (secondary N) is 1. The summed E-state index contributed by atoms with van der Waals surface area (Å²) in [5.41, 5.74) is -1.78. The van der Waals surface area contributed by atoms with Crippen molar-refractivity contribution in [3.05, 3.63) is 35.1 Å². The van der Waals surface area contributed by atoms with Gasteiger partial charge < -0.3 is 5.32 Å². The molecule has 1 aromatic rings. The third-order valence-electron chi connectivity index (χ3n) is 3.35. The lowest BCUT2D eigenvalue weighted by atomic mass is 10.1. The van der Waals surface area contributed by atoms with Crippen LogP contribution < -0.4 is 5.32 Å². The van der Waals surface area contributed by atoms with Crippen molar-refractivity contribution in [2.45, 2.75) is 51.6 Å². The van der Waals surface area contributed by atoms with Crippen LogP contribution in [0, 0.1) is 5.82 Å². The molecule has 0 saturated heterocycles. The number of amides is 1. The lowest BCUT2D eigenvalue weighted by Crippen LogP contribution is -2.27. The van der Waals surface area contributed by atoms with Crippen LogP contribution in [0.2, 0.25) is 0 Å². The van der Waals surface area contributed by atoms with Crippen molar-refractivity contribution in [1.82, 2.24) is 5.32 Å². The van der Waals surface area contributed by atoms with Gasteiger partial charge in [0.05, 0.1) is 11.1 Å². The van der Waals surface area contributed by atoms with Gasteiger partial charge in [0.1, 0.15) is 5.82 Å². The Morgan fingerprint density at radius 1 is 1.09 bits per heavy atom. The van der Waals surface area contributed by atoms with Crippen LogP contribution in [-0.4, -0.2) is 12.5 Å². The van der Waals surface area contributed by atoms with E-state index in [0.717, 1.165) is 32.1 Å². The third-order valence-corrected chi connectivity index (χ3v) is 3.35. The molecule has 22 heavy (non-hydrogen) atoms. The molecule has 6 heteroatoms. The van der Waals surface area contributed by atoms with Gasteiger partial charge in [-0.3, -0.25) is 4.79 Å². The maximum atomic E-state index is 13.1. The molecule has 0 fully saturated rings. The second-order valence-electron chi connectivity index (χ2n) is 5.21. The second kappa shape index (κ2) is 8.76. The Kier molecular flexibility index (Phi) is 7.35. The maximum absolute atomic E-state index is 13.1. The number of hydrogen-bond acceptors (Lipinski definition) is 1. The largest absolute Gasteiger partial charge is 0.417 e. The highest BCUT2D eigenvalue weighted by Crippen LogP contribution is 2.32. The summed E-state index contributed by atoms with van der Waals surface area (Å²) >= 11 is 0. The molecular weight excluding hydrogens is 298 g/mol. The highest BCUT2D eigenvalue weighted by atomic mass is 19.4. The van der Waals surface area contributed by atoms with E-state index >= 15 is 0 Å². The van der Waals surface area contributed by atoms with Gasteiger partial charge in [0.15, 0.2) is 0 Å². The molecule has 1 rings (SSSR count). The zero-order valence-corrected chi connectivity index (χ0v) is 12.6. The zero-order valence-electron chi connectivity index (χ0n) is 12.6. The van der Waals surface area contributed by atoms with Crippen LogP contribution in [0.5, 0.6) is 0 Å². The summed E-state index contributed by atoms with van der Waals surface area (Å²) in [6, 6.07) is 1.92. The first-order valence-electron chi connectivity index (χ1n) is 7.51. The maximum Gasteiger partial charge on any atom is 0.417 e. The Morgan fingerprint density at radius 3 is 2.36 bits per heavy atom. The van der Waals surface area contributed by atoms with Gasteiger partial charge >= 0.3 is 6.18 Å². The number of rotatable bonds is 8. The summed E-state index contributed by atoms with van der Waals surface area (Å²) in [5, 5.41) is 2.42. The number of unbranched alkanes of at least 4 members (excludes halogenated alkanes) is 5. The molecule has 0 bridgehead atoms. The molecule has 1 N–H and O–H groups in total. The van der Waals surface area contributed by atoms with Crippen molar-refractivity contribution in [2.24, 2.45) is 0 Å². The van der Waals surface area contributed by atoms with Crippen LogP contribution in [0.4, 0.5) is 17.6 Å². The number of alkyl halides is 3. The van der Waals surface area contributed by atoms with Gasteiger partial charge in [0.25, 0.3) is 5.91 Å². The molecule has 0 aliphatic carbocycles. The SMILES string of the molecule is CCCCCCCCNC(=O)c1cc(F)ccc1C(F)(F)F. The molecular formula is C16H21F4NO. The van der Waals surface area contributed by atoms with Gasteiger partial charge in [-0.2, -0.15) is 13.2 Å². The summed E-state index contributed by atoms with van der Waals surface area (Å²) in [5.74, 6) is -1.75. The Hall–Kier alpha value is -1.59. The van der Waals surface area contributed by atoms with Crippen molar-refractivity contribution >= 4 is 5.91 Å². The molecule has 0 saturated carbocycles. The molecule has 0 heterocycles. The molecule has 1 amide bonds. The van der Waals surface area contributed by atoms with Crippen molar-refractivity contribution in [3.8, 4) is 0 Å². The average molecular weight is 319 g/mol. The molecule has 0 unspecified atom stereocenters.